The van der Waals surface area contributed by atoms with Gasteiger partial charge >= 0.3 is 0 Å². The van der Waals surface area contributed by atoms with Crippen LogP contribution in [0.5, 0.6) is 0 Å². The lowest BCUT2D eigenvalue weighted by molar-refractivity contribution is -0.385. The highest BCUT2D eigenvalue weighted by molar-refractivity contribution is 9.10. The van der Waals surface area contributed by atoms with Crippen molar-refractivity contribution in [3.8, 4) is 6.07 Å². The van der Waals surface area contributed by atoms with E-state index in [2.05, 4.69) is 15.9 Å². The number of nitriles is 1. The lowest BCUT2D eigenvalue weighted by atomic mass is 10.1. The van der Waals surface area contributed by atoms with Crippen LogP contribution in [0.3, 0.4) is 0 Å². The van der Waals surface area contributed by atoms with Gasteiger partial charge in [-0.15, -0.1) is 0 Å². The Bertz CT molecular complexity index is 539. The van der Waals surface area contributed by atoms with Gasteiger partial charge in [0.1, 0.15) is 6.04 Å². The largest absolute Gasteiger partial charge is 0.326 e. The Morgan fingerprint density at radius 1 is 1.61 bits per heavy atom. The van der Waals surface area contributed by atoms with Crippen molar-refractivity contribution >= 4 is 27.5 Å². The van der Waals surface area contributed by atoms with Crippen LogP contribution in [0, 0.1) is 21.4 Å². The van der Waals surface area contributed by atoms with Gasteiger partial charge in [-0.2, -0.15) is 5.26 Å². The summed E-state index contributed by atoms with van der Waals surface area (Å²) >= 11 is 3.04. The van der Waals surface area contributed by atoms with Gasteiger partial charge in [-0.05, 0) is 35.0 Å². The number of hydrogen-bond donors (Lipinski definition) is 0. The number of rotatable bonds is 3. The molecule has 1 rings (SSSR count). The number of nitro benzene ring substituents is 1. The SMILES string of the molecule is CC(C#N)N(C)C(=O)c1ccc(Br)c([N+](=O)[O-])c1. The fourth-order valence-corrected chi connectivity index (χ4v) is 1.64. The summed E-state index contributed by atoms with van der Waals surface area (Å²) in [6.07, 6.45) is 0. The van der Waals surface area contributed by atoms with Crippen LogP contribution >= 0.6 is 15.9 Å². The molecule has 0 saturated carbocycles. The third-order valence-electron chi connectivity index (χ3n) is 2.48. The van der Waals surface area contributed by atoms with Crippen LogP contribution in [0.4, 0.5) is 5.69 Å². The minimum Gasteiger partial charge on any atom is -0.326 e. The maximum Gasteiger partial charge on any atom is 0.284 e. The lowest BCUT2D eigenvalue weighted by Gasteiger charge is -2.19. The first-order valence-corrected chi connectivity index (χ1v) is 5.78. The van der Waals surface area contributed by atoms with Crippen molar-refractivity contribution in [2.45, 2.75) is 13.0 Å². The highest BCUT2D eigenvalue weighted by Gasteiger charge is 2.20. The van der Waals surface area contributed by atoms with Crippen molar-refractivity contribution in [3.63, 3.8) is 0 Å². The summed E-state index contributed by atoms with van der Waals surface area (Å²) < 4.78 is 0.306. The molecule has 1 aromatic carbocycles. The van der Waals surface area contributed by atoms with Crippen LogP contribution in [0.1, 0.15) is 17.3 Å². The molecule has 0 aromatic heterocycles. The second kappa shape index (κ2) is 5.60. The van der Waals surface area contributed by atoms with E-state index < -0.39 is 16.9 Å². The maximum atomic E-state index is 12.0. The molecule has 6 nitrogen and oxygen atoms in total. The first kappa shape index (κ1) is 14.1. The second-order valence-electron chi connectivity index (χ2n) is 3.64. The van der Waals surface area contributed by atoms with E-state index in [4.69, 9.17) is 5.26 Å². The summed E-state index contributed by atoms with van der Waals surface area (Å²) in [5, 5.41) is 19.5. The van der Waals surface area contributed by atoms with E-state index >= 15 is 0 Å². The van der Waals surface area contributed by atoms with Crippen molar-refractivity contribution in [1.82, 2.24) is 4.90 Å². The summed E-state index contributed by atoms with van der Waals surface area (Å²) in [5.41, 5.74) is -0.00615. The Hall–Kier alpha value is -1.94. The smallest absolute Gasteiger partial charge is 0.284 e. The summed E-state index contributed by atoms with van der Waals surface area (Å²) in [4.78, 5) is 23.4. The summed E-state index contributed by atoms with van der Waals surface area (Å²) in [5.74, 6) is -0.431. The van der Waals surface area contributed by atoms with Crippen LogP contribution in [-0.4, -0.2) is 28.8 Å². The Labute approximate surface area is 112 Å². The molecule has 7 heteroatoms. The number of benzene rings is 1. The molecule has 1 amide bonds. The average Bonchev–Trinajstić information content (AvgIpc) is 2.36. The average molecular weight is 312 g/mol. The van der Waals surface area contributed by atoms with Gasteiger partial charge in [0, 0.05) is 18.7 Å². The van der Waals surface area contributed by atoms with Gasteiger partial charge in [-0.1, -0.05) is 0 Å². The molecule has 0 heterocycles. The quantitative estimate of drug-likeness (QED) is 0.633. The molecular formula is C11H10BrN3O3. The monoisotopic (exact) mass is 311 g/mol. The molecule has 0 bridgehead atoms. The molecular weight excluding hydrogens is 302 g/mol. The van der Waals surface area contributed by atoms with Gasteiger partial charge in [0.05, 0.1) is 15.5 Å². The number of nitro groups is 1. The number of carbonyl (C=O) groups is 1. The Morgan fingerprint density at radius 2 is 2.22 bits per heavy atom. The van der Waals surface area contributed by atoms with Crippen molar-refractivity contribution < 1.29 is 9.72 Å². The fraction of sp³-hybridized carbons (Fsp3) is 0.273. The Balaban J connectivity index is 3.12. The predicted molar refractivity (Wildman–Crippen MR) is 68.0 cm³/mol. The molecule has 1 aromatic rings. The molecule has 0 spiro atoms. The third-order valence-corrected chi connectivity index (χ3v) is 3.15. The molecule has 0 aliphatic rings. The number of halogens is 1. The van der Waals surface area contributed by atoms with Crippen LogP contribution in [0.15, 0.2) is 22.7 Å². The third kappa shape index (κ3) is 2.84. The normalized spacial score (nSPS) is 11.4. The van der Waals surface area contributed by atoms with E-state index in [9.17, 15) is 14.9 Å². The molecule has 0 N–H and O–H groups in total. The van der Waals surface area contributed by atoms with Gasteiger partial charge in [0.25, 0.3) is 11.6 Å². The van der Waals surface area contributed by atoms with Crippen LogP contribution < -0.4 is 0 Å². The van der Waals surface area contributed by atoms with Gasteiger partial charge in [0.15, 0.2) is 0 Å². The molecule has 0 aliphatic heterocycles. The number of nitrogens with zero attached hydrogens (tertiary/aromatic N) is 3. The summed E-state index contributed by atoms with van der Waals surface area (Å²) in [7, 11) is 1.48. The maximum absolute atomic E-state index is 12.0. The zero-order chi connectivity index (χ0) is 13.9. The van der Waals surface area contributed by atoms with Gasteiger partial charge in [-0.25, -0.2) is 0 Å². The predicted octanol–water partition coefficient (Wildman–Crippen LogP) is 2.34. The molecule has 0 fully saturated rings. The molecule has 0 aliphatic carbocycles. The molecule has 18 heavy (non-hydrogen) atoms. The van der Waals surface area contributed by atoms with Gasteiger partial charge in [0.2, 0.25) is 0 Å². The molecule has 0 saturated heterocycles. The fourth-order valence-electron chi connectivity index (χ4n) is 1.25. The molecule has 1 unspecified atom stereocenters. The van der Waals surface area contributed by atoms with Crippen molar-refractivity contribution in [2.75, 3.05) is 7.05 Å². The molecule has 94 valence electrons. The van der Waals surface area contributed by atoms with Crippen molar-refractivity contribution in [3.05, 3.63) is 38.3 Å². The number of carbonyl (C=O) groups excluding carboxylic acids is 1. The Kier molecular flexibility index (Phi) is 4.39. The van der Waals surface area contributed by atoms with E-state index in [1.54, 1.807) is 6.92 Å². The van der Waals surface area contributed by atoms with Crippen molar-refractivity contribution in [2.24, 2.45) is 0 Å². The minimum atomic E-state index is -0.597. The standard InChI is InChI=1S/C11H10BrN3O3/c1-7(6-13)14(2)11(16)8-3-4-9(12)10(5-8)15(17)18/h3-5,7H,1-2H3. The highest BCUT2D eigenvalue weighted by atomic mass is 79.9. The Morgan fingerprint density at radius 3 is 2.72 bits per heavy atom. The van der Waals surface area contributed by atoms with E-state index in [0.29, 0.717) is 4.47 Å². The minimum absolute atomic E-state index is 0.175. The van der Waals surface area contributed by atoms with Gasteiger partial charge in [-0.3, -0.25) is 14.9 Å². The van der Waals surface area contributed by atoms with E-state index in [1.165, 1.54) is 30.1 Å². The number of hydrogen-bond acceptors (Lipinski definition) is 4. The van der Waals surface area contributed by atoms with Gasteiger partial charge < -0.3 is 4.90 Å². The first-order valence-electron chi connectivity index (χ1n) is 4.99. The topological polar surface area (TPSA) is 87.2 Å². The van der Waals surface area contributed by atoms with E-state index in [0.717, 1.165) is 0 Å². The van der Waals surface area contributed by atoms with Crippen LogP contribution in [0.2, 0.25) is 0 Å². The first-order chi connectivity index (χ1) is 8.38. The molecule has 0 radical (unpaired) electrons. The van der Waals surface area contributed by atoms with Crippen molar-refractivity contribution in [1.29, 1.82) is 5.26 Å². The zero-order valence-electron chi connectivity index (χ0n) is 9.75. The summed E-state index contributed by atoms with van der Waals surface area (Å²) in [6, 6.07) is 5.43. The highest BCUT2D eigenvalue weighted by Crippen LogP contribution is 2.26. The summed E-state index contributed by atoms with van der Waals surface area (Å²) in [6.45, 7) is 1.57. The van der Waals surface area contributed by atoms with E-state index in [-0.39, 0.29) is 11.3 Å². The molecule has 1 atom stereocenters. The van der Waals surface area contributed by atoms with Crippen LogP contribution in [0.25, 0.3) is 0 Å². The second-order valence-corrected chi connectivity index (χ2v) is 4.50. The van der Waals surface area contributed by atoms with E-state index in [1.807, 2.05) is 6.07 Å². The lowest BCUT2D eigenvalue weighted by Crippen LogP contribution is -2.34. The van der Waals surface area contributed by atoms with Crippen LogP contribution in [-0.2, 0) is 0 Å². The number of amides is 1. The zero-order valence-corrected chi connectivity index (χ0v) is 11.3.